The van der Waals surface area contributed by atoms with E-state index < -0.39 is 28.9 Å². The molecule has 0 saturated carbocycles. The predicted molar refractivity (Wildman–Crippen MR) is 135 cm³/mol. The lowest BCUT2D eigenvalue weighted by atomic mass is 9.69. The van der Waals surface area contributed by atoms with E-state index in [1.54, 1.807) is 6.08 Å². The molecule has 3 rings (SSSR count). The van der Waals surface area contributed by atoms with Gasteiger partial charge >= 0.3 is 12.4 Å². The molecule has 37 heavy (non-hydrogen) atoms. The summed E-state index contributed by atoms with van der Waals surface area (Å²) in [6.45, 7) is 7.30. The fourth-order valence-corrected chi connectivity index (χ4v) is 4.16. The van der Waals surface area contributed by atoms with Gasteiger partial charge in [-0.2, -0.15) is 26.3 Å². The molecule has 0 fully saturated rings. The number of allylic oxidation sites excluding steroid dienone is 4. The maximum absolute atomic E-state index is 13.7. The Morgan fingerprint density at radius 2 is 1.32 bits per heavy atom. The van der Waals surface area contributed by atoms with Gasteiger partial charge in [0.25, 0.3) is 0 Å². The standard InChI is InChI=1S/C27H22BrF6N3/c1-3-7-18(4-2)14-25(17-37-24-35-15-23(28)16-36-24,19-8-5-10-21(12-19)26(29,30)31)20-9-6-11-22(13-20)27(32,33)34/h3-13,15-16H,1-2,14,17H2,(H,35,36,37)/b18-7+. The van der Waals surface area contributed by atoms with Gasteiger partial charge in [0.05, 0.1) is 15.6 Å². The number of anilines is 1. The first-order valence-electron chi connectivity index (χ1n) is 10.9. The average molecular weight is 582 g/mol. The molecule has 2 aromatic carbocycles. The Labute approximate surface area is 218 Å². The number of hydrogen-bond acceptors (Lipinski definition) is 3. The second-order valence-electron chi connectivity index (χ2n) is 8.18. The van der Waals surface area contributed by atoms with E-state index in [4.69, 9.17) is 0 Å². The first-order chi connectivity index (χ1) is 17.4. The molecule has 0 atom stereocenters. The molecule has 0 amide bonds. The van der Waals surface area contributed by atoms with E-state index in [9.17, 15) is 26.3 Å². The highest BCUT2D eigenvalue weighted by Gasteiger charge is 2.40. The monoisotopic (exact) mass is 581 g/mol. The third kappa shape index (κ3) is 6.88. The molecule has 0 radical (unpaired) electrons. The summed E-state index contributed by atoms with van der Waals surface area (Å²) < 4.78 is 82.7. The summed E-state index contributed by atoms with van der Waals surface area (Å²) in [6, 6.07) is 9.16. The molecule has 3 aromatic rings. The van der Waals surface area contributed by atoms with Crippen LogP contribution in [0.1, 0.15) is 28.7 Å². The minimum absolute atomic E-state index is 0.00860. The number of halogens is 7. The van der Waals surface area contributed by atoms with Crippen molar-refractivity contribution in [1.29, 1.82) is 0 Å². The number of rotatable bonds is 9. The quantitative estimate of drug-likeness (QED) is 0.204. The molecule has 0 aliphatic rings. The number of alkyl halides is 6. The molecule has 3 nitrogen and oxygen atoms in total. The van der Waals surface area contributed by atoms with Gasteiger partial charge in [-0.1, -0.05) is 67.8 Å². The number of benzene rings is 2. The number of nitrogens with zero attached hydrogens (tertiary/aromatic N) is 2. The van der Waals surface area contributed by atoms with Crippen LogP contribution in [0.25, 0.3) is 0 Å². The molecule has 1 N–H and O–H groups in total. The first-order valence-corrected chi connectivity index (χ1v) is 11.7. The minimum Gasteiger partial charge on any atom is -0.353 e. The normalized spacial score (nSPS) is 12.8. The summed E-state index contributed by atoms with van der Waals surface area (Å²) in [4.78, 5) is 8.28. The van der Waals surface area contributed by atoms with E-state index in [1.165, 1.54) is 48.8 Å². The van der Waals surface area contributed by atoms with Gasteiger partial charge in [-0.3, -0.25) is 0 Å². The van der Waals surface area contributed by atoms with Crippen LogP contribution in [-0.2, 0) is 17.8 Å². The number of aromatic nitrogens is 2. The highest BCUT2D eigenvalue weighted by atomic mass is 79.9. The van der Waals surface area contributed by atoms with Crippen molar-refractivity contribution in [1.82, 2.24) is 9.97 Å². The summed E-state index contributed by atoms with van der Waals surface area (Å²) in [7, 11) is 0. The molecule has 0 unspecified atom stereocenters. The Morgan fingerprint density at radius 1 is 0.838 bits per heavy atom. The molecular weight excluding hydrogens is 560 g/mol. The molecule has 1 aromatic heterocycles. The van der Waals surface area contributed by atoms with Crippen molar-refractivity contribution in [3.8, 4) is 0 Å². The second kappa shape index (κ2) is 11.3. The number of nitrogens with one attached hydrogen (secondary N) is 1. The van der Waals surface area contributed by atoms with Crippen molar-refractivity contribution in [2.75, 3.05) is 11.9 Å². The molecule has 0 spiro atoms. The minimum atomic E-state index is -4.66. The largest absolute Gasteiger partial charge is 0.416 e. The van der Waals surface area contributed by atoms with Gasteiger partial charge in [-0.25, -0.2) is 9.97 Å². The van der Waals surface area contributed by atoms with Crippen molar-refractivity contribution in [3.05, 3.63) is 125 Å². The Kier molecular flexibility index (Phi) is 8.63. The van der Waals surface area contributed by atoms with Crippen LogP contribution in [0, 0.1) is 0 Å². The van der Waals surface area contributed by atoms with Crippen LogP contribution in [-0.4, -0.2) is 16.5 Å². The third-order valence-corrected chi connectivity index (χ3v) is 6.16. The lowest BCUT2D eigenvalue weighted by Gasteiger charge is -2.37. The van der Waals surface area contributed by atoms with E-state index in [0.717, 1.165) is 24.3 Å². The van der Waals surface area contributed by atoms with Gasteiger partial charge in [-0.05, 0) is 51.2 Å². The van der Waals surface area contributed by atoms with Gasteiger partial charge in [-0.15, -0.1) is 0 Å². The lowest BCUT2D eigenvalue weighted by molar-refractivity contribution is -0.138. The topological polar surface area (TPSA) is 37.8 Å². The van der Waals surface area contributed by atoms with Crippen LogP contribution < -0.4 is 5.32 Å². The maximum Gasteiger partial charge on any atom is 0.416 e. The van der Waals surface area contributed by atoms with E-state index in [-0.39, 0.29) is 30.0 Å². The zero-order valence-corrected chi connectivity index (χ0v) is 21.0. The first kappa shape index (κ1) is 28.2. The Morgan fingerprint density at radius 3 is 1.76 bits per heavy atom. The Hall–Kier alpha value is -3.40. The van der Waals surface area contributed by atoms with E-state index in [1.807, 2.05) is 0 Å². The molecule has 0 aliphatic heterocycles. The number of hydrogen-bond donors (Lipinski definition) is 1. The molecule has 194 valence electrons. The fourth-order valence-electron chi connectivity index (χ4n) is 3.96. The van der Waals surface area contributed by atoms with Crippen LogP contribution in [0.5, 0.6) is 0 Å². The van der Waals surface area contributed by atoms with Crippen molar-refractivity contribution < 1.29 is 26.3 Å². The summed E-state index contributed by atoms with van der Waals surface area (Å²) in [5.41, 5.74) is -2.39. The van der Waals surface area contributed by atoms with Gasteiger partial charge in [0.2, 0.25) is 5.95 Å². The van der Waals surface area contributed by atoms with E-state index in [2.05, 4.69) is 44.4 Å². The van der Waals surface area contributed by atoms with Crippen molar-refractivity contribution in [3.63, 3.8) is 0 Å². The SMILES string of the molecule is C=C/C=C(\C=C)CC(CNc1ncc(Br)cn1)(c1cccc(C(F)(F)F)c1)c1cccc(C(F)(F)F)c1. The molecule has 10 heteroatoms. The van der Waals surface area contributed by atoms with Crippen LogP contribution in [0.3, 0.4) is 0 Å². The summed E-state index contributed by atoms with van der Waals surface area (Å²) in [5, 5.41) is 3.00. The molecule has 0 bridgehead atoms. The van der Waals surface area contributed by atoms with Crippen molar-refractivity contribution in [2.24, 2.45) is 0 Å². The Balaban J connectivity index is 2.30. The van der Waals surface area contributed by atoms with Gasteiger partial charge in [0.1, 0.15) is 0 Å². The highest BCUT2D eigenvalue weighted by Crippen LogP contribution is 2.43. The highest BCUT2D eigenvalue weighted by molar-refractivity contribution is 9.10. The second-order valence-corrected chi connectivity index (χ2v) is 9.09. The summed E-state index contributed by atoms with van der Waals surface area (Å²) >= 11 is 3.23. The van der Waals surface area contributed by atoms with Crippen molar-refractivity contribution >= 4 is 21.9 Å². The average Bonchev–Trinajstić information content (AvgIpc) is 2.86. The Bertz CT molecular complexity index is 1220. The van der Waals surface area contributed by atoms with Crippen molar-refractivity contribution in [2.45, 2.75) is 24.2 Å². The van der Waals surface area contributed by atoms with Gasteiger partial charge < -0.3 is 5.32 Å². The molecule has 0 aliphatic carbocycles. The smallest absolute Gasteiger partial charge is 0.353 e. The maximum atomic E-state index is 13.7. The predicted octanol–water partition coefficient (Wildman–Crippen LogP) is 8.36. The van der Waals surface area contributed by atoms with Crippen LogP contribution in [0.2, 0.25) is 0 Å². The fraction of sp³-hybridized carbons (Fsp3) is 0.185. The van der Waals surface area contributed by atoms with Crippen LogP contribution in [0.4, 0.5) is 32.3 Å². The zero-order chi connectivity index (χ0) is 27.3. The third-order valence-electron chi connectivity index (χ3n) is 5.75. The lowest BCUT2D eigenvalue weighted by Crippen LogP contribution is -2.37. The van der Waals surface area contributed by atoms with Crippen LogP contribution >= 0.6 is 15.9 Å². The summed E-state index contributed by atoms with van der Waals surface area (Å²) in [6.07, 6.45) is -1.78. The molecule has 1 heterocycles. The van der Waals surface area contributed by atoms with E-state index in [0.29, 0.717) is 10.0 Å². The van der Waals surface area contributed by atoms with Gasteiger partial charge in [0, 0.05) is 24.4 Å². The summed E-state index contributed by atoms with van der Waals surface area (Å²) in [5.74, 6) is 0.152. The van der Waals surface area contributed by atoms with Crippen LogP contribution in [0.15, 0.2) is 102 Å². The molecule has 0 saturated heterocycles. The van der Waals surface area contributed by atoms with Gasteiger partial charge in [0.15, 0.2) is 0 Å². The zero-order valence-electron chi connectivity index (χ0n) is 19.4. The molecular formula is C27H22BrF6N3. The van der Waals surface area contributed by atoms with E-state index >= 15 is 0 Å².